The van der Waals surface area contributed by atoms with Crippen LogP contribution in [0.15, 0.2) is 5.38 Å². The average Bonchev–Trinajstić information content (AvgIpc) is 3.08. The van der Waals surface area contributed by atoms with Crippen LogP contribution in [0.5, 0.6) is 0 Å². The molecule has 1 aliphatic rings. The average molecular weight is 328 g/mol. The highest BCUT2D eigenvalue weighted by molar-refractivity contribution is 7.99. The number of thioether (sulfide) groups is 1. The summed E-state index contributed by atoms with van der Waals surface area (Å²) in [5.41, 5.74) is 1.07. The van der Waals surface area contributed by atoms with Gasteiger partial charge in [-0.15, -0.1) is 11.3 Å². The van der Waals surface area contributed by atoms with Crippen LogP contribution in [0.25, 0.3) is 0 Å². The zero-order valence-corrected chi connectivity index (χ0v) is 14.7. The summed E-state index contributed by atoms with van der Waals surface area (Å²) in [5.74, 6) is 1.17. The Kier molecular flexibility index (Phi) is 6.36. The molecule has 0 bridgehead atoms. The lowest BCUT2D eigenvalue weighted by Crippen LogP contribution is -2.43. The summed E-state index contributed by atoms with van der Waals surface area (Å²) in [6.45, 7) is 4.87. The van der Waals surface area contributed by atoms with Gasteiger partial charge in [0.15, 0.2) is 0 Å². The fourth-order valence-corrected chi connectivity index (χ4v) is 4.55. The molecule has 1 heterocycles. The van der Waals surface area contributed by atoms with Crippen LogP contribution in [0, 0.1) is 6.92 Å². The molecule has 1 saturated carbocycles. The van der Waals surface area contributed by atoms with E-state index >= 15 is 0 Å². The normalized spacial score (nSPS) is 21.5. The van der Waals surface area contributed by atoms with Gasteiger partial charge in [-0.3, -0.25) is 0 Å². The summed E-state index contributed by atoms with van der Waals surface area (Å²) in [7, 11) is 1.92. The first-order valence-electron chi connectivity index (χ1n) is 7.63. The van der Waals surface area contributed by atoms with Crippen molar-refractivity contribution in [2.75, 3.05) is 19.3 Å². The van der Waals surface area contributed by atoms with Gasteiger partial charge >= 0.3 is 6.03 Å². The Bertz CT molecular complexity index is 464. The summed E-state index contributed by atoms with van der Waals surface area (Å²) in [6.07, 6.45) is 4.31. The number of hydrogen-bond acceptors (Lipinski definition) is 4. The lowest BCUT2D eigenvalue weighted by atomic mass is 10.2. The maximum atomic E-state index is 12.2. The molecule has 2 atom stereocenters. The molecule has 2 rings (SSSR count). The van der Waals surface area contributed by atoms with Crippen molar-refractivity contribution in [3.63, 3.8) is 0 Å². The first kappa shape index (κ1) is 16.6. The second-order valence-corrected chi connectivity index (χ2v) is 8.13. The molecular weight excluding hydrogens is 302 g/mol. The maximum Gasteiger partial charge on any atom is 0.317 e. The summed E-state index contributed by atoms with van der Waals surface area (Å²) in [5, 5.41) is 6.89. The molecule has 1 aliphatic carbocycles. The molecule has 118 valence electrons. The largest absolute Gasteiger partial charge is 0.338 e. The Hall–Kier alpha value is -0.750. The molecule has 21 heavy (non-hydrogen) atoms. The molecule has 1 fully saturated rings. The molecule has 1 N–H and O–H groups in total. The Morgan fingerprint density at radius 3 is 3.05 bits per heavy atom. The third-order valence-corrected chi connectivity index (χ3v) is 6.01. The topological polar surface area (TPSA) is 45.2 Å². The first-order valence-corrected chi connectivity index (χ1v) is 9.56. The number of rotatable bonds is 6. The predicted molar refractivity (Wildman–Crippen MR) is 91.3 cm³/mol. The standard InChI is InChI=1S/C15H25N3OS2/c1-4-20-14-6-5-13(9-14)18(3)15(19)16-8-7-12-10-21-11(2)17-12/h10,13-14H,4-9H2,1-3H3,(H,16,19)/t13-,14-/m0/s1. The molecule has 0 radical (unpaired) electrons. The van der Waals surface area contributed by atoms with Crippen LogP contribution in [-0.4, -0.2) is 46.6 Å². The first-order chi connectivity index (χ1) is 10.1. The van der Waals surface area contributed by atoms with Gasteiger partial charge < -0.3 is 10.2 Å². The minimum Gasteiger partial charge on any atom is -0.338 e. The Labute approximate surface area is 135 Å². The van der Waals surface area contributed by atoms with E-state index in [4.69, 9.17) is 0 Å². The molecule has 0 spiro atoms. The number of amides is 2. The van der Waals surface area contributed by atoms with Crippen LogP contribution < -0.4 is 5.32 Å². The lowest BCUT2D eigenvalue weighted by molar-refractivity contribution is 0.191. The lowest BCUT2D eigenvalue weighted by Gasteiger charge is -2.25. The van der Waals surface area contributed by atoms with E-state index in [0.29, 0.717) is 12.6 Å². The molecule has 0 aliphatic heterocycles. The molecule has 1 aromatic rings. The molecule has 6 heteroatoms. The van der Waals surface area contributed by atoms with E-state index in [9.17, 15) is 4.79 Å². The van der Waals surface area contributed by atoms with Crippen molar-refractivity contribution in [1.29, 1.82) is 0 Å². The maximum absolute atomic E-state index is 12.2. The van der Waals surface area contributed by atoms with Gasteiger partial charge in [0.1, 0.15) is 0 Å². The minimum atomic E-state index is 0.0501. The number of aryl methyl sites for hydroxylation is 1. The Balaban J connectivity index is 1.70. The fourth-order valence-electron chi connectivity index (χ4n) is 2.77. The Morgan fingerprint density at radius 1 is 1.57 bits per heavy atom. The quantitative estimate of drug-likeness (QED) is 0.872. The molecule has 2 amide bonds. The van der Waals surface area contributed by atoms with Gasteiger partial charge in [-0.25, -0.2) is 9.78 Å². The number of hydrogen-bond donors (Lipinski definition) is 1. The molecule has 0 unspecified atom stereocenters. The van der Waals surface area contributed by atoms with E-state index in [2.05, 4.69) is 22.6 Å². The highest BCUT2D eigenvalue weighted by atomic mass is 32.2. The molecule has 1 aromatic heterocycles. The zero-order valence-electron chi connectivity index (χ0n) is 13.1. The number of nitrogens with zero attached hydrogens (tertiary/aromatic N) is 2. The van der Waals surface area contributed by atoms with E-state index in [-0.39, 0.29) is 6.03 Å². The van der Waals surface area contributed by atoms with Gasteiger partial charge in [-0.05, 0) is 31.9 Å². The molecule has 4 nitrogen and oxygen atoms in total. The smallest absolute Gasteiger partial charge is 0.317 e. The van der Waals surface area contributed by atoms with Crippen LogP contribution in [0.1, 0.15) is 36.9 Å². The summed E-state index contributed by atoms with van der Waals surface area (Å²) in [6, 6.07) is 0.449. The van der Waals surface area contributed by atoms with Crippen molar-refractivity contribution in [2.45, 2.75) is 50.8 Å². The van der Waals surface area contributed by atoms with E-state index in [1.165, 1.54) is 12.2 Å². The minimum absolute atomic E-state index is 0.0501. The van der Waals surface area contributed by atoms with Gasteiger partial charge in [0.25, 0.3) is 0 Å². The van der Waals surface area contributed by atoms with Crippen LogP contribution in [0.3, 0.4) is 0 Å². The number of thiazole rings is 1. The number of nitrogens with one attached hydrogen (secondary N) is 1. The van der Waals surface area contributed by atoms with Crippen molar-refractivity contribution in [1.82, 2.24) is 15.2 Å². The van der Waals surface area contributed by atoms with E-state index in [1.54, 1.807) is 11.3 Å². The fraction of sp³-hybridized carbons (Fsp3) is 0.733. The summed E-state index contributed by atoms with van der Waals surface area (Å²) < 4.78 is 0. The van der Waals surface area contributed by atoms with Gasteiger partial charge in [-0.1, -0.05) is 6.92 Å². The van der Waals surface area contributed by atoms with E-state index in [1.807, 2.05) is 30.6 Å². The van der Waals surface area contributed by atoms with Crippen LogP contribution in [0.4, 0.5) is 4.79 Å². The van der Waals surface area contributed by atoms with Crippen molar-refractivity contribution >= 4 is 29.1 Å². The van der Waals surface area contributed by atoms with Crippen molar-refractivity contribution in [2.24, 2.45) is 0 Å². The second-order valence-electron chi connectivity index (χ2n) is 5.49. The zero-order chi connectivity index (χ0) is 15.2. The van der Waals surface area contributed by atoms with Gasteiger partial charge in [-0.2, -0.15) is 11.8 Å². The molecule has 0 saturated heterocycles. The van der Waals surface area contributed by atoms with Gasteiger partial charge in [0.2, 0.25) is 0 Å². The van der Waals surface area contributed by atoms with Crippen LogP contribution in [0.2, 0.25) is 0 Å². The van der Waals surface area contributed by atoms with E-state index < -0.39 is 0 Å². The Morgan fingerprint density at radius 2 is 2.38 bits per heavy atom. The predicted octanol–water partition coefficient (Wildman–Crippen LogP) is 3.31. The van der Waals surface area contributed by atoms with Crippen molar-refractivity contribution < 1.29 is 4.79 Å². The number of carbonyl (C=O) groups excluding carboxylic acids is 1. The monoisotopic (exact) mass is 327 g/mol. The molecular formula is C15H25N3OS2. The third-order valence-electron chi connectivity index (χ3n) is 3.95. The third kappa shape index (κ3) is 4.88. The number of urea groups is 1. The number of carbonyl (C=O) groups is 1. The molecule has 0 aromatic carbocycles. The van der Waals surface area contributed by atoms with E-state index in [0.717, 1.165) is 35.2 Å². The van der Waals surface area contributed by atoms with Gasteiger partial charge in [0, 0.05) is 36.7 Å². The highest BCUT2D eigenvalue weighted by Crippen LogP contribution is 2.32. The SMILES string of the molecule is CCS[C@H]1CC[C@H](N(C)C(=O)NCCc2csc(C)n2)C1. The van der Waals surface area contributed by atoms with Crippen LogP contribution in [-0.2, 0) is 6.42 Å². The van der Waals surface area contributed by atoms with Gasteiger partial charge in [0.05, 0.1) is 10.7 Å². The summed E-state index contributed by atoms with van der Waals surface area (Å²) >= 11 is 3.68. The second kappa shape index (κ2) is 8.03. The summed E-state index contributed by atoms with van der Waals surface area (Å²) in [4.78, 5) is 18.5. The van der Waals surface area contributed by atoms with Crippen LogP contribution >= 0.6 is 23.1 Å². The highest BCUT2D eigenvalue weighted by Gasteiger charge is 2.29. The number of aromatic nitrogens is 1. The van der Waals surface area contributed by atoms with Crippen molar-refractivity contribution in [3.8, 4) is 0 Å². The van der Waals surface area contributed by atoms with Crippen molar-refractivity contribution in [3.05, 3.63) is 16.1 Å².